The Bertz CT molecular complexity index is 149. The van der Waals surface area contributed by atoms with E-state index >= 15 is 0 Å². The van der Waals surface area contributed by atoms with Crippen LogP contribution in [0.25, 0.3) is 0 Å². The van der Waals surface area contributed by atoms with E-state index in [1.165, 1.54) is 6.92 Å². The Morgan fingerprint density at radius 1 is 1.45 bits per heavy atom. The Kier molecular flexibility index (Phi) is 2.14. The van der Waals surface area contributed by atoms with E-state index in [0.717, 1.165) is 0 Å². The summed E-state index contributed by atoms with van der Waals surface area (Å²) in [5.74, 6) is -3.30. The third kappa shape index (κ3) is 1.24. The SMILES string of the molecule is CC[C@@H]1O[C@H](C)[C@@H](F)C1(F)F. The second-order valence-corrected chi connectivity index (χ2v) is 2.81. The van der Waals surface area contributed by atoms with Crippen molar-refractivity contribution in [3.8, 4) is 0 Å². The highest BCUT2D eigenvalue weighted by Crippen LogP contribution is 2.39. The minimum Gasteiger partial charge on any atom is -0.366 e. The summed E-state index contributed by atoms with van der Waals surface area (Å²) in [6.07, 6.45) is -4.22. The average Bonchev–Trinajstić information content (AvgIpc) is 2.13. The second kappa shape index (κ2) is 2.66. The first-order chi connectivity index (χ1) is 5.00. The van der Waals surface area contributed by atoms with Crippen molar-refractivity contribution in [1.82, 2.24) is 0 Å². The second-order valence-electron chi connectivity index (χ2n) is 2.81. The van der Waals surface area contributed by atoms with Crippen LogP contribution in [-0.2, 0) is 4.74 Å². The first-order valence-electron chi connectivity index (χ1n) is 3.67. The zero-order valence-electron chi connectivity index (χ0n) is 6.48. The molecular weight excluding hydrogens is 157 g/mol. The summed E-state index contributed by atoms with van der Waals surface area (Å²) in [5, 5.41) is 0. The fraction of sp³-hybridized carbons (Fsp3) is 1.00. The van der Waals surface area contributed by atoms with Gasteiger partial charge in [0.15, 0.2) is 6.17 Å². The predicted molar refractivity (Wildman–Crippen MR) is 34.5 cm³/mol. The standard InChI is InChI=1S/C7H11F3O/c1-3-5-7(9,10)6(8)4(2)11-5/h4-6H,3H2,1-2H3/t4-,5+,6-/m1/s1. The van der Waals surface area contributed by atoms with E-state index in [1.807, 2.05) is 0 Å². The van der Waals surface area contributed by atoms with Crippen LogP contribution in [0.1, 0.15) is 20.3 Å². The predicted octanol–water partition coefficient (Wildman–Crippen LogP) is 2.16. The molecule has 0 aliphatic carbocycles. The van der Waals surface area contributed by atoms with Crippen LogP contribution in [0, 0.1) is 0 Å². The Hall–Kier alpha value is -0.250. The van der Waals surface area contributed by atoms with E-state index in [9.17, 15) is 13.2 Å². The van der Waals surface area contributed by atoms with Crippen LogP contribution < -0.4 is 0 Å². The van der Waals surface area contributed by atoms with Gasteiger partial charge in [0.25, 0.3) is 0 Å². The molecule has 66 valence electrons. The number of hydrogen-bond donors (Lipinski definition) is 0. The first-order valence-corrected chi connectivity index (χ1v) is 3.67. The normalized spacial score (nSPS) is 42.8. The van der Waals surface area contributed by atoms with Gasteiger partial charge in [-0.15, -0.1) is 0 Å². The molecule has 0 radical (unpaired) electrons. The van der Waals surface area contributed by atoms with Crippen molar-refractivity contribution in [2.75, 3.05) is 0 Å². The van der Waals surface area contributed by atoms with Crippen LogP contribution in [0.5, 0.6) is 0 Å². The van der Waals surface area contributed by atoms with Crippen LogP contribution in [0.4, 0.5) is 13.2 Å². The maximum Gasteiger partial charge on any atom is 0.306 e. The van der Waals surface area contributed by atoms with Crippen molar-refractivity contribution in [3.63, 3.8) is 0 Å². The van der Waals surface area contributed by atoms with Crippen molar-refractivity contribution in [3.05, 3.63) is 0 Å². The summed E-state index contributed by atoms with van der Waals surface area (Å²) >= 11 is 0. The number of halogens is 3. The number of ether oxygens (including phenoxy) is 1. The molecule has 1 aliphatic rings. The lowest BCUT2D eigenvalue weighted by Crippen LogP contribution is -2.36. The van der Waals surface area contributed by atoms with Gasteiger partial charge < -0.3 is 4.74 Å². The summed E-state index contributed by atoms with van der Waals surface area (Å²) < 4.78 is 42.9. The highest BCUT2D eigenvalue weighted by Gasteiger charge is 2.57. The van der Waals surface area contributed by atoms with Gasteiger partial charge in [-0.3, -0.25) is 0 Å². The van der Waals surface area contributed by atoms with Crippen LogP contribution in [-0.4, -0.2) is 24.3 Å². The molecule has 0 aromatic rings. The van der Waals surface area contributed by atoms with Crippen molar-refractivity contribution in [2.45, 2.75) is 44.6 Å². The molecule has 4 heteroatoms. The maximum atomic E-state index is 12.8. The van der Waals surface area contributed by atoms with Crippen LogP contribution in [0.3, 0.4) is 0 Å². The minimum absolute atomic E-state index is 0.151. The lowest BCUT2D eigenvalue weighted by molar-refractivity contribution is -0.0933. The Balaban J connectivity index is 2.74. The summed E-state index contributed by atoms with van der Waals surface area (Å²) in [6.45, 7) is 2.89. The van der Waals surface area contributed by atoms with Crippen LogP contribution >= 0.6 is 0 Å². The topological polar surface area (TPSA) is 9.23 Å². The van der Waals surface area contributed by atoms with Crippen molar-refractivity contribution >= 4 is 0 Å². The molecule has 0 saturated carbocycles. The summed E-state index contributed by atoms with van der Waals surface area (Å²) in [6, 6.07) is 0. The van der Waals surface area contributed by atoms with Crippen LogP contribution in [0.2, 0.25) is 0 Å². The van der Waals surface area contributed by atoms with Crippen molar-refractivity contribution in [1.29, 1.82) is 0 Å². The number of alkyl halides is 3. The highest BCUT2D eigenvalue weighted by atomic mass is 19.3. The van der Waals surface area contributed by atoms with Gasteiger partial charge in [0.1, 0.15) is 6.10 Å². The molecule has 0 spiro atoms. The van der Waals surface area contributed by atoms with Gasteiger partial charge in [-0.2, -0.15) is 0 Å². The molecule has 3 atom stereocenters. The van der Waals surface area contributed by atoms with Crippen molar-refractivity contribution in [2.24, 2.45) is 0 Å². The minimum atomic E-state index is -3.30. The smallest absolute Gasteiger partial charge is 0.306 e. The molecule has 0 unspecified atom stereocenters. The van der Waals surface area contributed by atoms with Gasteiger partial charge in [-0.1, -0.05) is 6.92 Å². The summed E-state index contributed by atoms with van der Waals surface area (Å²) in [5.41, 5.74) is 0. The fourth-order valence-electron chi connectivity index (χ4n) is 1.28. The average molecular weight is 168 g/mol. The zero-order chi connectivity index (χ0) is 8.65. The van der Waals surface area contributed by atoms with Gasteiger partial charge in [0, 0.05) is 0 Å². The Labute approximate surface area is 63.5 Å². The van der Waals surface area contributed by atoms with E-state index in [2.05, 4.69) is 0 Å². The molecule has 1 nitrogen and oxygen atoms in total. The third-order valence-electron chi connectivity index (χ3n) is 1.96. The van der Waals surface area contributed by atoms with E-state index in [0.29, 0.717) is 0 Å². The lowest BCUT2D eigenvalue weighted by Gasteiger charge is -2.16. The molecule has 1 rings (SSSR count). The molecule has 11 heavy (non-hydrogen) atoms. The molecular formula is C7H11F3O. The maximum absolute atomic E-state index is 12.8. The van der Waals surface area contributed by atoms with Gasteiger partial charge >= 0.3 is 5.92 Å². The molecule has 0 aromatic carbocycles. The fourth-order valence-corrected chi connectivity index (χ4v) is 1.28. The molecule has 1 saturated heterocycles. The molecule has 0 aromatic heterocycles. The quantitative estimate of drug-likeness (QED) is 0.583. The number of rotatable bonds is 1. The highest BCUT2D eigenvalue weighted by molar-refractivity contribution is 4.95. The third-order valence-corrected chi connectivity index (χ3v) is 1.96. The Morgan fingerprint density at radius 3 is 2.18 bits per heavy atom. The molecule has 0 N–H and O–H groups in total. The molecule has 0 amide bonds. The zero-order valence-corrected chi connectivity index (χ0v) is 6.48. The summed E-state index contributed by atoms with van der Waals surface area (Å²) in [7, 11) is 0. The summed E-state index contributed by atoms with van der Waals surface area (Å²) in [4.78, 5) is 0. The lowest BCUT2D eigenvalue weighted by atomic mass is 10.1. The molecule has 0 bridgehead atoms. The van der Waals surface area contributed by atoms with Crippen LogP contribution in [0.15, 0.2) is 0 Å². The van der Waals surface area contributed by atoms with Crippen molar-refractivity contribution < 1.29 is 17.9 Å². The Morgan fingerprint density at radius 2 is 2.00 bits per heavy atom. The monoisotopic (exact) mass is 168 g/mol. The van der Waals surface area contributed by atoms with E-state index in [-0.39, 0.29) is 6.42 Å². The van der Waals surface area contributed by atoms with E-state index in [4.69, 9.17) is 4.74 Å². The van der Waals surface area contributed by atoms with Gasteiger partial charge in [-0.05, 0) is 13.3 Å². The first kappa shape index (κ1) is 8.84. The van der Waals surface area contributed by atoms with E-state index in [1.54, 1.807) is 6.92 Å². The largest absolute Gasteiger partial charge is 0.366 e. The van der Waals surface area contributed by atoms with Gasteiger partial charge in [0.05, 0.1) is 6.10 Å². The number of hydrogen-bond acceptors (Lipinski definition) is 1. The molecule has 1 heterocycles. The molecule has 1 aliphatic heterocycles. The van der Waals surface area contributed by atoms with Gasteiger partial charge in [0.2, 0.25) is 0 Å². The van der Waals surface area contributed by atoms with Gasteiger partial charge in [-0.25, -0.2) is 13.2 Å². The molecule has 1 fully saturated rings. The van der Waals surface area contributed by atoms with E-state index < -0.39 is 24.3 Å².